The smallest absolute Gasteiger partial charge is 0.0693 e. The average Bonchev–Trinajstić information content (AvgIpc) is 2.27. The molecule has 0 radical (unpaired) electrons. The SMILES string of the molecule is CCC12CC3CC(C1)CC(OCCCO)(C3)C2. The number of ether oxygens (including phenoxy) is 1. The van der Waals surface area contributed by atoms with E-state index in [1.165, 1.54) is 44.9 Å². The maximum absolute atomic E-state index is 8.90. The summed E-state index contributed by atoms with van der Waals surface area (Å²) in [5.41, 5.74) is 0.818. The first-order chi connectivity index (χ1) is 8.19. The second kappa shape index (κ2) is 4.24. The Morgan fingerprint density at radius 1 is 1.18 bits per heavy atom. The van der Waals surface area contributed by atoms with Crippen molar-refractivity contribution in [1.82, 2.24) is 0 Å². The van der Waals surface area contributed by atoms with Crippen molar-refractivity contribution in [2.24, 2.45) is 17.3 Å². The molecule has 0 saturated heterocycles. The predicted octanol–water partition coefficient (Wildman–Crippen LogP) is 3.13. The lowest BCUT2D eigenvalue weighted by atomic mass is 9.47. The van der Waals surface area contributed by atoms with Gasteiger partial charge in [0, 0.05) is 13.2 Å². The van der Waals surface area contributed by atoms with E-state index in [1.54, 1.807) is 0 Å². The van der Waals surface area contributed by atoms with E-state index in [4.69, 9.17) is 9.84 Å². The maximum Gasteiger partial charge on any atom is 0.0693 e. The lowest BCUT2D eigenvalue weighted by molar-refractivity contribution is -0.194. The summed E-state index contributed by atoms with van der Waals surface area (Å²) in [6.45, 7) is 3.39. The van der Waals surface area contributed by atoms with Gasteiger partial charge in [0.25, 0.3) is 0 Å². The van der Waals surface area contributed by atoms with E-state index in [1.807, 2.05) is 0 Å². The van der Waals surface area contributed by atoms with Gasteiger partial charge in [-0.2, -0.15) is 0 Å². The topological polar surface area (TPSA) is 29.5 Å². The molecule has 4 bridgehead atoms. The third-order valence-corrected chi connectivity index (χ3v) is 5.59. The Morgan fingerprint density at radius 2 is 1.88 bits per heavy atom. The van der Waals surface area contributed by atoms with Gasteiger partial charge in [0.1, 0.15) is 0 Å². The molecule has 4 rings (SSSR count). The first-order valence-corrected chi connectivity index (χ1v) is 7.44. The molecule has 2 heteroatoms. The second-order valence-corrected chi connectivity index (χ2v) is 6.92. The number of hydrogen-bond acceptors (Lipinski definition) is 2. The molecule has 2 nitrogen and oxygen atoms in total. The van der Waals surface area contributed by atoms with Crippen LogP contribution in [-0.2, 0) is 4.74 Å². The normalized spacial score (nSPS) is 47.6. The lowest BCUT2D eigenvalue weighted by Gasteiger charge is -2.61. The molecule has 0 aliphatic heterocycles. The average molecular weight is 238 g/mol. The zero-order valence-electron chi connectivity index (χ0n) is 11.1. The summed E-state index contributed by atoms with van der Waals surface area (Å²) < 4.78 is 6.25. The Balaban J connectivity index is 1.73. The first kappa shape index (κ1) is 12.0. The van der Waals surface area contributed by atoms with E-state index in [0.29, 0.717) is 5.41 Å². The van der Waals surface area contributed by atoms with Crippen LogP contribution in [0.4, 0.5) is 0 Å². The minimum atomic E-state index is 0.204. The highest BCUT2D eigenvalue weighted by Gasteiger charge is 2.57. The van der Waals surface area contributed by atoms with Crippen LogP contribution in [0.3, 0.4) is 0 Å². The summed E-state index contributed by atoms with van der Waals surface area (Å²) in [4.78, 5) is 0. The number of hydrogen-bond donors (Lipinski definition) is 1. The molecule has 4 aliphatic rings. The third kappa shape index (κ3) is 2.04. The molecule has 0 amide bonds. The summed E-state index contributed by atoms with van der Waals surface area (Å²) in [6, 6.07) is 0. The van der Waals surface area contributed by atoms with Crippen molar-refractivity contribution in [3.8, 4) is 0 Å². The minimum absolute atomic E-state index is 0.204. The quantitative estimate of drug-likeness (QED) is 0.746. The minimum Gasteiger partial charge on any atom is -0.396 e. The zero-order chi connectivity index (χ0) is 11.9. The van der Waals surface area contributed by atoms with Crippen LogP contribution >= 0.6 is 0 Å². The summed E-state index contributed by atoms with van der Waals surface area (Å²) in [7, 11) is 0. The Hall–Kier alpha value is -0.0800. The van der Waals surface area contributed by atoms with Crippen molar-refractivity contribution in [3.05, 3.63) is 0 Å². The molecule has 17 heavy (non-hydrogen) atoms. The summed E-state index contributed by atoms with van der Waals surface area (Å²) >= 11 is 0. The van der Waals surface area contributed by atoms with Crippen LogP contribution in [0.25, 0.3) is 0 Å². The number of rotatable bonds is 5. The molecule has 2 atom stereocenters. The van der Waals surface area contributed by atoms with Gasteiger partial charge in [-0.1, -0.05) is 13.3 Å². The molecule has 1 N–H and O–H groups in total. The molecule has 0 heterocycles. The Labute approximate surface area is 105 Å². The van der Waals surface area contributed by atoms with Gasteiger partial charge >= 0.3 is 0 Å². The van der Waals surface area contributed by atoms with Gasteiger partial charge in [-0.25, -0.2) is 0 Å². The highest BCUT2D eigenvalue weighted by atomic mass is 16.5. The molecule has 0 spiro atoms. The van der Waals surface area contributed by atoms with Crippen molar-refractivity contribution in [1.29, 1.82) is 0 Å². The summed E-state index contributed by atoms with van der Waals surface area (Å²) in [6.07, 6.45) is 10.4. The van der Waals surface area contributed by atoms with Crippen molar-refractivity contribution in [2.75, 3.05) is 13.2 Å². The van der Waals surface area contributed by atoms with Crippen LogP contribution in [0.2, 0.25) is 0 Å². The van der Waals surface area contributed by atoms with Gasteiger partial charge < -0.3 is 9.84 Å². The van der Waals surface area contributed by atoms with Crippen LogP contribution in [-0.4, -0.2) is 23.9 Å². The second-order valence-electron chi connectivity index (χ2n) is 6.92. The molecule has 0 aromatic heterocycles. The van der Waals surface area contributed by atoms with Crippen molar-refractivity contribution in [2.45, 2.75) is 63.9 Å². The number of aliphatic hydroxyl groups is 1. The molecular weight excluding hydrogens is 212 g/mol. The molecule has 2 unspecified atom stereocenters. The van der Waals surface area contributed by atoms with Crippen LogP contribution in [0.1, 0.15) is 58.3 Å². The summed E-state index contributed by atoms with van der Waals surface area (Å²) in [5.74, 6) is 1.87. The standard InChI is InChI=1S/C15H26O2/c1-2-14-7-12-6-13(8-14)10-15(9-12,11-14)17-5-3-4-16/h12-13,16H,2-11H2,1H3. The van der Waals surface area contributed by atoms with Crippen LogP contribution in [0.5, 0.6) is 0 Å². The summed E-state index contributed by atoms with van der Waals surface area (Å²) in [5, 5.41) is 8.90. The fourth-order valence-corrected chi connectivity index (χ4v) is 5.30. The van der Waals surface area contributed by atoms with Gasteiger partial charge in [-0.05, 0) is 62.2 Å². The Bertz CT molecular complexity index is 273. The molecular formula is C15H26O2. The zero-order valence-corrected chi connectivity index (χ0v) is 11.1. The van der Waals surface area contributed by atoms with Crippen LogP contribution < -0.4 is 0 Å². The van der Waals surface area contributed by atoms with E-state index < -0.39 is 0 Å². The molecule has 4 fully saturated rings. The van der Waals surface area contributed by atoms with Gasteiger partial charge in [0.15, 0.2) is 0 Å². The maximum atomic E-state index is 8.90. The fraction of sp³-hybridized carbons (Fsp3) is 1.00. The van der Waals surface area contributed by atoms with Crippen LogP contribution in [0.15, 0.2) is 0 Å². The monoisotopic (exact) mass is 238 g/mol. The largest absolute Gasteiger partial charge is 0.396 e. The van der Waals surface area contributed by atoms with Crippen molar-refractivity contribution >= 4 is 0 Å². The molecule has 98 valence electrons. The van der Waals surface area contributed by atoms with Gasteiger partial charge in [0.05, 0.1) is 5.60 Å². The predicted molar refractivity (Wildman–Crippen MR) is 67.8 cm³/mol. The number of aliphatic hydroxyl groups excluding tert-OH is 1. The van der Waals surface area contributed by atoms with Gasteiger partial charge in [-0.3, -0.25) is 0 Å². The Kier molecular flexibility index (Phi) is 2.99. The van der Waals surface area contributed by atoms with Crippen LogP contribution in [0, 0.1) is 17.3 Å². The lowest BCUT2D eigenvalue weighted by Crippen LogP contribution is -2.56. The molecule has 0 aromatic rings. The molecule has 0 aromatic carbocycles. The van der Waals surface area contributed by atoms with E-state index >= 15 is 0 Å². The Morgan fingerprint density at radius 3 is 2.47 bits per heavy atom. The van der Waals surface area contributed by atoms with E-state index in [0.717, 1.165) is 24.9 Å². The van der Waals surface area contributed by atoms with Gasteiger partial charge in [-0.15, -0.1) is 0 Å². The van der Waals surface area contributed by atoms with Crippen molar-refractivity contribution < 1.29 is 9.84 Å². The van der Waals surface area contributed by atoms with E-state index in [9.17, 15) is 0 Å². The highest BCUT2D eigenvalue weighted by molar-refractivity contribution is 5.08. The van der Waals surface area contributed by atoms with Gasteiger partial charge in [0.2, 0.25) is 0 Å². The third-order valence-electron chi connectivity index (χ3n) is 5.59. The van der Waals surface area contributed by atoms with E-state index in [2.05, 4.69) is 6.92 Å². The van der Waals surface area contributed by atoms with Crippen molar-refractivity contribution in [3.63, 3.8) is 0 Å². The van der Waals surface area contributed by atoms with E-state index in [-0.39, 0.29) is 12.2 Å². The highest BCUT2D eigenvalue weighted by Crippen LogP contribution is 2.63. The fourth-order valence-electron chi connectivity index (χ4n) is 5.30. The first-order valence-electron chi connectivity index (χ1n) is 7.44. The molecule has 4 aliphatic carbocycles. The molecule has 4 saturated carbocycles.